The fourth-order valence-electron chi connectivity index (χ4n) is 2.27. The molecule has 0 radical (unpaired) electrons. The number of rotatable bonds is 5. The number of carbonyl (C=O) groups excluding carboxylic acids is 1. The van der Waals surface area contributed by atoms with Crippen LogP contribution in [0.4, 0.5) is 10.3 Å². The molecular formula is C17H14FIN4O3. The number of aromatic amines is 1. The number of hydrogen-bond acceptors (Lipinski definition) is 5. The topological polar surface area (TPSA) is 89.1 Å². The highest BCUT2D eigenvalue weighted by molar-refractivity contribution is 14.1. The van der Waals surface area contributed by atoms with Crippen molar-refractivity contribution in [3.8, 4) is 22.9 Å². The Morgan fingerprint density at radius 3 is 2.69 bits per heavy atom. The fraction of sp³-hybridized carbons (Fsp3) is 0.118. The zero-order valence-corrected chi connectivity index (χ0v) is 16.0. The summed E-state index contributed by atoms with van der Waals surface area (Å²) in [7, 11) is 3.10. The Morgan fingerprint density at radius 1 is 1.19 bits per heavy atom. The summed E-state index contributed by atoms with van der Waals surface area (Å²) in [5, 5.41) is 9.33. The third-order valence-electron chi connectivity index (χ3n) is 3.55. The zero-order chi connectivity index (χ0) is 18.7. The van der Waals surface area contributed by atoms with Crippen molar-refractivity contribution < 1.29 is 18.7 Å². The van der Waals surface area contributed by atoms with E-state index in [9.17, 15) is 9.18 Å². The molecule has 0 fully saturated rings. The molecule has 1 amide bonds. The Balaban J connectivity index is 1.83. The van der Waals surface area contributed by atoms with Gasteiger partial charge < -0.3 is 9.47 Å². The number of methoxy groups -OCH3 is 2. The molecule has 0 saturated carbocycles. The summed E-state index contributed by atoms with van der Waals surface area (Å²) in [6, 6.07) is 9.17. The maximum absolute atomic E-state index is 13.2. The normalized spacial score (nSPS) is 10.5. The highest BCUT2D eigenvalue weighted by Gasteiger charge is 2.16. The monoisotopic (exact) mass is 468 g/mol. The molecular weight excluding hydrogens is 454 g/mol. The van der Waals surface area contributed by atoms with Crippen molar-refractivity contribution in [3.63, 3.8) is 0 Å². The molecule has 3 aromatic rings. The number of aromatic nitrogens is 3. The summed E-state index contributed by atoms with van der Waals surface area (Å²) < 4.78 is 24.2. The van der Waals surface area contributed by atoms with Gasteiger partial charge in [0.25, 0.3) is 5.91 Å². The van der Waals surface area contributed by atoms with Crippen molar-refractivity contribution in [1.29, 1.82) is 0 Å². The Morgan fingerprint density at radius 2 is 2.00 bits per heavy atom. The molecule has 2 N–H and O–H groups in total. The van der Waals surface area contributed by atoms with Crippen molar-refractivity contribution in [3.05, 3.63) is 51.3 Å². The second-order valence-corrected chi connectivity index (χ2v) is 6.31. The van der Waals surface area contributed by atoms with Gasteiger partial charge in [0.15, 0.2) is 5.82 Å². The SMILES string of the molecule is COc1ccc(-c2nc(NC(=O)c3ccc(F)cc3I)n[nH]2)c(OC)c1. The van der Waals surface area contributed by atoms with E-state index in [2.05, 4.69) is 20.5 Å². The van der Waals surface area contributed by atoms with Crippen molar-refractivity contribution in [2.75, 3.05) is 19.5 Å². The number of hydrogen-bond donors (Lipinski definition) is 2. The molecule has 0 aliphatic heterocycles. The van der Waals surface area contributed by atoms with E-state index in [0.717, 1.165) is 0 Å². The lowest BCUT2D eigenvalue weighted by atomic mass is 10.2. The zero-order valence-electron chi connectivity index (χ0n) is 13.8. The standard InChI is InChI=1S/C17H14FIN4O3/c1-25-10-4-6-12(14(8-10)26-2)15-20-17(23-22-15)21-16(24)11-5-3-9(18)7-13(11)19/h3-8H,1-2H3,(H2,20,21,22,23,24). The molecule has 9 heteroatoms. The third kappa shape index (κ3) is 3.77. The number of nitrogens with zero attached hydrogens (tertiary/aromatic N) is 2. The second-order valence-electron chi connectivity index (χ2n) is 5.15. The number of anilines is 1. The number of carbonyl (C=O) groups is 1. The molecule has 3 rings (SSSR count). The molecule has 26 heavy (non-hydrogen) atoms. The Kier molecular flexibility index (Phi) is 5.35. The van der Waals surface area contributed by atoms with Gasteiger partial charge in [0.1, 0.15) is 17.3 Å². The van der Waals surface area contributed by atoms with Crippen LogP contribution in [0.25, 0.3) is 11.4 Å². The van der Waals surface area contributed by atoms with Gasteiger partial charge in [-0.3, -0.25) is 15.2 Å². The molecule has 0 aliphatic carbocycles. The van der Waals surface area contributed by atoms with Crippen LogP contribution in [0, 0.1) is 9.39 Å². The average Bonchev–Trinajstić information content (AvgIpc) is 3.09. The van der Waals surface area contributed by atoms with E-state index in [1.807, 2.05) is 22.6 Å². The van der Waals surface area contributed by atoms with Crippen molar-refractivity contribution in [1.82, 2.24) is 15.2 Å². The van der Waals surface area contributed by atoms with Crippen molar-refractivity contribution in [2.24, 2.45) is 0 Å². The summed E-state index contributed by atoms with van der Waals surface area (Å²) in [5.41, 5.74) is 0.998. The summed E-state index contributed by atoms with van der Waals surface area (Å²) in [5.74, 6) is 0.881. The molecule has 7 nitrogen and oxygen atoms in total. The third-order valence-corrected chi connectivity index (χ3v) is 4.44. The lowest BCUT2D eigenvalue weighted by molar-refractivity contribution is 0.102. The summed E-state index contributed by atoms with van der Waals surface area (Å²) >= 11 is 1.90. The summed E-state index contributed by atoms with van der Waals surface area (Å²) in [6.45, 7) is 0. The highest BCUT2D eigenvalue weighted by atomic mass is 127. The van der Waals surface area contributed by atoms with Gasteiger partial charge in [-0.1, -0.05) is 0 Å². The number of amides is 1. The van der Waals surface area contributed by atoms with Gasteiger partial charge in [-0.15, -0.1) is 5.10 Å². The predicted molar refractivity (Wildman–Crippen MR) is 102 cm³/mol. The number of halogens is 2. The number of benzene rings is 2. The summed E-state index contributed by atoms with van der Waals surface area (Å²) in [4.78, 5) is 16.6. The van der Waals surface area contributed by atoms with Crippen LogP contribution >= 0.6 is 22.6 Å². The average molecular weight is 468 g/mol. The van der Waals surface area contributed by atoms with Crippen LogP contribution in [0.2, 0.25) is 0 Å². The first-order chi connectivity index (χ1) is 12.5. The van der Waals surface area contributed by atoms with E-state index < -0.39 is 11.7 Å². The molecule has 0 spiro atoms. The van der Waals surface area contributed by atoms with E-state index >= 15 is 0 Å². The van der Waals surface area contributed by atoms with Crippen LogP contribution in [0.3, 0.4) is 0 Å². The molecule has 134 valence electrons. The quantitative estimate of drug-likeness (QED) is 0.560. The van der Waals surface area contributed by atoms with Gasteiger partial charge in [0, 0.05) is 9.64 Å². The van der Waals surface area contributed by atoms with Gasteiger partial charge in [0.2, 0.25) is 5.95 Å². The second kappa shape index (κ2) is 7.68. The van der Waals surface area contributed by atoms with E-state index in [0.29, 0.717) is 32.0 Å². The Labute approximate surface area is 162 Å². The molecule has 0 unspecified atom stereocenters. The van der Waals surface area contributed by atoms with E-state index in [1.165, 1.54) is 25.3 Å². The number of H-pyrrole nitrogens is 1. The molecule has 2 aromatic carbocycles. The predicted octanol–water partition coefficient (Wildman–Crippen LogP) is 3.48. The van der Waals surface area contributed by atoms with Crippen LogP contribution in [-0.4, -0.2) is 35.3 Å². The number of nitrogens with one attached hydrogen (secondary N) is 2. The maximum Gasteiger partial charge on any atom is 0.259 e. The van der Waals surface area contributed by atoms with Crippen LogP contribution in [0.5, 0.6) is 11.5 Å². The first-order valence-electron chi connectivity index (χ1n) is 7.43. The van der Waals surface area contributed by atoms with Crippen LogP contribution in [-0.2, 0) is 0 Å². The summed E-state index contributed by atoms with van der Waals surface area (Å²) in [6.07, 6.45) is 0. The molecule has 0 bridgehead atoms. The van der Waals surface area contributed by atoms with Crippen molar-refractivity contribution >= 4 is 34.4 Å². The van der Waals surface area contributed by atoms with Gasteiger partial charge in [0.05, 0.1) is 25.3 Å². The van der Waals surface area contributed by atoms with Gasteiger partial charge in [-0.2, -0.15) is 4.98 Å². The van der Waals surface area contributed by atoms with E-state index in [4.69, 9.17) is 9.47 Å². The van der Waals surface area contributed by atoms with Gasteiger partial charge >= 0.3 is 0 Å². The van der Waals surface area contributed by atoms with Crippen LogP contribution < -0.4 is 14.8 Å². The van der Waals surface area contributed by atoms with E-state index in [1.54, 1.807) is 25.3 Å². The molecule has 0 atom stereocenters. The number of ether oxygens (including phenoxy) is 2. The van der Waals surface area contributed by atoms with Gasteiger partial charge in [-0.25, -0.2) is 4.39 Å². The van der Waals surface area contributed by atoms with Crippen molar-refractivity contribution in [2.45, 2.75) is 0 Å². The van der Waals surface area contributed by atoms with Gasteiger partial charge in [-0.05, 0) is 52.9 Å². The minimum absolute atomic E-state index is 0.1000. The molecule has 0 saturated heterocycles. The van der Waals surface area contributed by atoms with E-state index in [-0.39, 0.29) is 5.95 Å². The molecule has 1 heterocycles. The first-order valence-corrected chi connectivity index (χ1v) is 8.51. The molecule has 1 aromatic heterocycles. The molecule has 0 aliphatic rings. The maximum atomic E-state index is 13.2. The van der Waals surface area contributed by atoms with Crippen LogP contribution in [0.15, 0.2) is 36.4 Å². The lowest BCUT2D eigenvalue weighted by Gasteiger charge is -2.07. The minimum atomic E-state index is -0.429. The Bertz CT molecular complexity index is 961. The highest BCUT2D eigenvalue weighted by Crippen LogP contribution is 2.31. The smallest absolute Gasteiger partial charge is 0.259 e. The largest absolute Gasteiger partial charge is 0.497 e. The fourth-order valence-corrected chi connectivity index (χ4v) is 3.00. The lowest BCUT2D eigenvalue weighted by Crippen LogP contribution is -2.14. The van der Waals surface area contributed by atoms with Crippen LogP contribution in [0.1, 0.15) is 10.4 Å². The Hall–Kier alpha value is -2.69. The first kappa shape index (κ1) is 18.1. The minimum Gasteiger partial charge on any atom is -0.497 e.